The summed E-state index contributed by atoms with van der Waals surface area (Å²) < 4.78 is 0. The van der Waals surface area contributed by atoms with E-state index >= 15 is 0 Å². The van der Waals surface area contributed by atoms with Crippen molar-refractivity contribution in [3.8, 4) is 5.75 Å². The average molecular weight is 282 g/mol. The standard InChI is InChI=1S/C13H18N2O5/c1-8(2)15(5-6-16)13(20)14-11-4-3-9(17)7-10(11)12(18)19/h3-4,7-8,16-17H,5-6H2,1-2H3,(H,14,20)(H,18,19). The summed E-state index contributed by atoms with van der Waals surface area (Å²) in [6.45, 7) is 3.52. The van der Waals surface area contributed by atoms with E-state index in [1.165, 1.54) is 17.0 Å². The Morgan fingerprint density at radius 2 is 2.00 bits per heavy atom. The van der Waals surface area contributed by atoms with Crippen molar-refractivity contribution in [1.82, 2.24) is 4.90 Å². The Labute approximate surface area is 116 Å². The molecule has 7 heteroatoms. The number of anilines is 1. The molecular formula is C13H18N2O5. The molecule has 7 nitrogen and oxygen atoms in total. The van der Waals surface area contributed by atoms with Gasteiger partial charge in [-0.25, -0.2) is 9.59 Å². The van der Waals surface area contributed by atoms with Gasteiger partial charge in [0.2, 0.25) is 0 Å². The molecule has 0 atom stereocenters. The lowest BCUT2D eigenvalue weighted by atomic mass is 10.1. The summed E-state index contributed by atoms with van der Waals surface area (Å²) in [5, 5.41) is 29.7. The van der Waals surface area contributed by atoms with Crippen LogP contribution in [0.3, 0.4) is 0 Å². The number of rotatable bonds is 5. The van der Waals surface area contributed by atoms with Crippen LogP contribution >= 0.6 is 0 Å². The number of aliphatic hydroxyl groups is 1. The summed E-state index contributed by atoms with van der Waals surface area (Å²) in [6.07, 6.45) is 0. The molecule has 0 spiro atoms. The Kier molecular flexibility index (Phi) is 5.33. The SMILES string of the molecule is CC(C)N(CCO)C(=O)Nc1ccc(O)cc1C(=O)O. The highest BCUT2D eigenvalue weighted by molar-refractivity contribution is 6.00. The van der Waals surface area contributed by atoms with E-state index in [9.17, 15) is 14.7 Å². The number of benzene rings is 1. The second-order valence-electron chi connectivity index (χ2n) is 4.48. The van der Waals surface area contributed by atoms with Gasteiger partial charge in [-0.15, -0.1) is 0 Å². The number of nitrogens with zero attached hydrogens (tertiary/aromatic N) is 1. The van der Waals surface area contributed by atoms with Gasteiger partial charge in [0.1, 0.15) is 5.75 Å². The molecule has 0 saturated carbocycles. The molecule has 4 N–H and O–H groups in total. The molecule has 0 unspecified atom stereocenters. The van der Waals surface area contributed by atoms with Crippen LogP contribution in [0.5, 0.6) is 5.75 Å². The van der Waals surface area contributed by atoms with Gasteiger partial charge in [-0.05, 0) is 32.0 Å². The first-order valence-electron chi connectivity index (χ1n) is 6.11. The quantitative estimate of drug-likeness (QED) is 0.609. The Morgan fingerprint density at radius 3 is 2.50 bits per heavy atom. The highest BCUT2D eigenvalue weighted by Gasteiger charge is 2.19. The van der Waals surface area contributed by atoms with Crippen LogP contribution < -0.4 is 5.32 Å². The summed E-state index contributed by atoms with van der Waals surface area (Å²) in [7, 11) is 0. The number of aromatic hydroxyl groups is 1. The van der Waals surface area contributed by atoms with Crippen molar-refractivity contribution >= 4 is 17.7 Å². The molecule has 0 radical (unpaired) electrons. The number of aromatic carboxylic acids is 1. The van der Waals surface area contributed by atoms with Crippen LogP contribution in [0.15, 0.2) is 18.2 Å². The monoisotopic (exact) mass is 282 g/mol. The predicted molar refractivity (Wildman–Crippen MR) is 73.0 cm³/mol. The molecule has 1 rings (SSSR count). The first-order valence-corrected chi connectivity index (χ1v) is 6.11. The molecule has 110 valence electrons. The van der Waals surface area contributed by atoms with Gasteiger partial charge in [-0.1, -0.05) is 0 Å². The molecule has 1 aromatic rings. The summed E-state index contributed by atoms with van der Waals surface area (Å²) in [6, 6.07) is 3.00. The van der Waals surface area contributed by atoms with Gasteiger partial charge < -0.3 is 25.5 Å². The van der Waals surface area contributed by atoms with E-state index in [0.29, 0.717) is 0 Å². The number of amides is 2. The highest BCUT2D eigenvalue weighted by atomic mass is 16.4. The van der Waals surface area contributed by atoms with Gasteiger partial charge in [0, 0.05) is 12.6 Å². The van der Waals surface area contributed by atoms with Crippen molar-refractivity contribution in [3.63, 3.8) is 0 Å². The molecule has 1 aromatic carbocycles. The normalized spacial score (nSPS) is 10.4. The van der Waals surface area contributed by atoms with Crippen LogP contribution in [0.4, 0.5) is 10.5 Å². The minimum Gasteiger partial charge on any atom is -0.508 e. The number of carboxylic acids is 1. The number of carboxylic acid groups (broad SMARTS) is 1. The van der Waals surface area contributed by atoms with E-state index in [-0.39, 0.29) is 36.2 Å². The largest absolute Gasteiger partial charge is 0.508 e. The second kappa shape index (κ2) is 6.76. The number of urea groups is 1. The number of carbonyl (C=O) groups excluding carboxylic acids is 1. The molecule has 0 heterocycles. The smallest absolute Gasteiger partial charge is 0.337 e. The number of hydrogen-bond donors (Lipinski definition) is 4. The van der Waals surface area contributed by atoms with Crippen LogP contribution in [0.25, 0.3) is 0 Å². The van der Waals surface area contributed by atoms with Crippen LogP contribution in [-0.4, -0.2) is 51.4 Å². The summed E-state index contributed by atoms with van der Waals surface area (Å²) in [4.78, 5) is 24.5. The minimum atomic E-state index is -1.26. The fourth-order valence-electron chi connectivity index (χ4n) is 1.71. The molecule has 0 bridgehead atoms. The van der Waals surface area contributed by atoms with Crippen LogP contribution in [0.1, 0.15) is 24.2 Å². The highest BCUT2D eigenvalue weighted by Crippen LogP contribution is 2.21. The molecule has 2 amide bonds. The molecule has 0 aliphatic heterocycles. The predicted octanol–water partition coefficient (Wildman–Crippen LogP) is 1.33. The first kappa shape index (κ1) is 15.8. The number of carbonyl (C=O) groups is 2. The second-order valence-corrected chi connectivity index (χ2v) is 4.48. The molecule has 20 heavy (non-hydrogen) atoms. The van der Waals surface area contributed by atoms with Crippen molar-refractivity contribution in [1.29, 1.82) is 0 Å². The zero-order chi connectivity index (χ0) is 15.3. The maximum absolute atomic E-state index is 12.1. The third kappa shape index (κ3) is 3.86. The van der Waals surface area contributed by atoms with Gasteiger partial charge in [0.05, 0.1) is 17.9 Å². The van der Waals surface area contributed by atoms with E-state index in [2.05, 4.69) is 5.32 Å². The van der Waals surface area contributed by atoms with Crippen molar-refractivity contribution in [3.05, 3.63) is 23.8 Å². The van der Waals surface area contributed by atoms with Gasteiger partial charge in [-0.3, -0.25) is 0 Å². The number of phenols is 1. The number of phenolic OH excluding ortho intramolecular Hbond substituents is 1. The Bertz CT molecular complexity index is 502. The maximum Gasteiger partial charge on any atom is 0.337 e. The third-order valence-electron chi connectivity index (χ3n) is 2.70. The van der Waals surface area contributed by atoms with Gasteiger partial charge >= 0.3 is 12.0 Å². The Balaban J connectivity index is 2.97. The van der Waals surface area contributed by atoms with Crippen molar-refractivity contribution in [2.24, 2.45) is 0 Å². The zero-order valence-electron chi connectivity index (χ0n) is 11.3. The van der Waals surface area contributed by atoms with Crippen molar-refractivity contribution in [2.75, 3.05) is 18.5 Å². The summed E-state index contributed by atoms with van der Waals surface area (Å²) in [5.74, 6) is -1.45. The number of nitrogens with one attached hydrogen (secondary N) is 1. The zero-order valence-corrected chi connectivity index (χ0v) is 11.3. The van der Waals surface area contributed by atoms with Gasteiger partial charge in [0.15, 0.2) is 0 Å². The molecule has 0 aliphatic rings. The Morgan fingerprint density at radius 1 is 1.35 bits per heavy atom. The van der Waals surface area contributed by atoms with Crippen molar-refractivity contribution in [2.45, 2.75) is 19.9 Å². The maximum atomic E-state index is 12.1. The Hall–Kier alpha value is -2.28. The number of aliphatic hydroxyl groups excluding tert-OH is 1. The van der Waals surface area contributed by atoms with E-state index in [1.807, 2.05) is 0 Å². The topological polar surface area (TPSA) is 110 Å². The van der Waals surface area contributed by atoms with E-state index in [4.69, 9.17) is 10.2 Å². The minimum absolute atomic E-state index is 0.0869. The van der Waals surface area contributed by atoms with Crippen LogP contribution in [-0.2, 0) is 0 Å². The van der Waals surface area contributed by atoms with E-state index < -0.39 is 12.0 Å². The molecule has 0 aliphatic carbocycles. The molecule has 0 fully saturated rings. The fraction of sp³-hybridized carbons (Fsp3) is 0.385. The van der Waals surface area contributed by atoms with E-state index in [0.717, 1.165) is 6.07 Å². The lowest BCUT2D eigenvalue weighted by Crippen LogP contribution is -2.42. The van der Waals surface area contributed by atoms with Crippen LogP contribution in [0, 0.1) is 0 Å². The number of hydrogen-bond acceptors (Lipinski definition) is 4. The summed E-state index contributed by atoms with van der Waals surface area (Å²) in [5.41, 5.74) is -0.116. The lowest BCUT2D eigenvalue weighted by Gasteiger charge is -2.26. The molecular weight excluding hydrogens is 264 g/mol. The van der Waals surface area contributed by atoms with Gasteiger partial charge in [0.25, 0.3) is 0 Å². The lowest BCUT2D eigenvalue weighted by molar-refractivity contribution is 0.0697. The molecule has 0 saturated heterocycles. The molecule has 0 aromatic heterocycles. The van der Waals surface area contributed by atoms with Crippen LogP contribution in [0.2, 0.25) is 0 Å². The fourth-order valence-corrected chi connectivity index (χ4v) is 1.71. The van der Waals surface area contributed by atoms with Gasteiger partial charge in [-0.2, -0.15) is 0 Å². The van der Waals surface area contributed by atoms with E-state index in [1.54, 1.807) is 13.8 Å². The van der Waals surface area contributed by atoms with Crippen molar-refractivity contribution < 1.29 is 24.9 Å². The third-order valence-corrected chi connectivity index (χ3v) is 2.70. The first-order chi connectivity index (χ1) is 9.36. The average Bonchev–Trinajstić information content (AvgIpc) is 2.37. The summed E-state index contributed by atoms with van der Waals surface area (Å²) >= 11 is 0.